The van der Waals surface area contributed by atoms with Crippen LogP contribution in [0.2, 0.25) is 5.02 Å². The van der Waals surface area contributed by atoms with Crippen molar-refractivity contribution in [2.45, 2.75) is 19.8 Å². The predicted molar refractivity (Wildman–Crippen MR) is 122 cm³/mol. The lowest BCUT2D eigenvalue weighted by Crippen LogP contribution is -2.52. The highest BCUT2D eigenvalue weighted by molar-refractivity contribution is 6.30. The number of hydrogen-bond acceptors (Lipinski definition) is 6. The zero-order valence-corrected chi connectivity index (χ0v) is 18.9. The van der Waals surface area contributed by atoms with Crippen LogP contribution in [0, 0.1) is 22.0 Å². The lowest BCUT2D eigenvalue weighted by molar-refractivity contribution is -0.384. The van der Waals surface area contributed by atoms with Crippen LogP contribution in [0.15, 0.2) is 60.2 Å². The number of ketones is 1. The van der Waals surface area contributed by atoms with E-state index < -0.39 is 46.8 Å². The lowest BCUT2D eigenvalue weighted by atomic mass is 9.82. The van der Waals surface area contributed by atoms with E-state index in [2.05, 4.69) is 0 Å². The number of hydrogen-bond donors (Lipinski definition) is 0. The Labute approximate surface area is 199 Å². The van der Waals surface area contributed by atoms with Crippen LogP contribution < -0.4 is 0 Å². The molecule has 0 aromatic heterocycles. The standard InChI is InChI=1S/C24H20ClN3O6/c1-14-2-11-19-20(12-14)24(32)27(23(19)31)26(22(30)16-3-7-17(25)8-4-16)13-21(29)15-5-9-18(10-6-15)28(33)34/h2-10,19-20H,11-13H2,1H3/t19-,20+/m1/s1. The first-order valence-electron chi connectivity index (χ1n) is 10.6. The summed E-state index contributed by atoms with van der Waals surface area (Å²) in [5.74, 6) is -3.53. The van der Waals surface area contributed by atoms with Gasteiger partial charge in [-0.3, -0.25) is 29.3 Å². The number of nitro groups is 1. The summed E-state index contributed by atoms with van der Waals surface area (Å²) in [5.41, 5.74) is 1.04. The Hall–Kier alpha value is -3.85. The van der Waals surface area contributed by atoms with Gasteiger partial charge < -0.3 is 0 Å². The number of nitrogens with zero attached hydrogens (tertiary/aromatic N) is 3. The Morgan fingerprint density at radius 1 is 1.03 bits per heavy atom. The number of amides is 3. The zero-order valence-electron chi connectivity index (χ0n) is 18.1. The van der Waals surface area contributed by atoms with Gasteiger partial charge in [0, 0.05) is 28.3 Å². The second-order valence-corrected chi connectivity index (χ2v) is 8.72. The van der Waals surface area contributed by atoms with Crippen LogP contribution in [-0.2, 0) is 9.59 Å². The third-order valence-corrected chi connectivity index (χ3v) is 6.31. The second kappa shape index (κ2) is 9.18. The number of fused-ring (bicyclic) bond motifs is 1. The minimum absolute atomic E-state index is 0.105. The number of Topliss-reactive ketones (excluding diaryl/α,β-unsaturated/α-hetero) is 1. The van der Waals surface area contributed by atoms with Crippen molar-refractivity contribution in [3.8, 4) is 0 Å². The van der Waals surface area contributed by atoms with Gasteiger partial charge in [-0.15, -0.1) is 0 Å². The Bertz CT molecular complexity index is 1220. The summed E-state index contributed by atoms with van der Waals surface area (Å²) in [6.45, 7) is 1.29. The van der Waals surface area contributed by atoms with E-state index >= 15 is 0 Å². The first-order chi connectivity index (χ1) is 16.2. The lowest BCUT2D eigenvalue weighted by Gasteiger charge is -2.30. The van der Waals surface area contributed by atoms with Gasteiger partial charge in [0.1, 0.15) is 6.54 Å². The van der Waals surface area contributed by atoms with E-state index in [0.717, 1.165) is 15.6 Å². The maximum absolute atomic E-state index is 13.4. The van der Waals surface area contributed by atoms with Crippen molar-refractivity contribution in [1.82, 2.24) is 10.0 Å². The molecule has 2 aromatic carbocycles. The van der Waals surface area contributed by atoms with Crippen molar-refractivity contribution in [2.24, 2.45) is 11.8 Å². The van der Waals surface area contributed by atoms with E-state index in [4.69, 9.17) is 11.6 Å². The van der Waals surface area contributed by atoms with Crippen LogP contribution in [-0.4, -0.2) is 45.0 Å². The molecule has 0 saturated carbocycles. The molecule has 10 heteroatoms. The summed E-state index contributed by atoms with van der Waals surface area (Å²) >= 11 is 5.91. The highest BCUT2D eigenvalue weighted by Crippen LogP contribution is 2.38. The van der Waals surface area contributed by atoms with Gasteiger partial charge in [0.25, 0.3) is 23.4 Å². The summed E-state index contributed by atoms with van der Waals surface area (Å²) in [6.07, 6.45) is 2.70. The number of carbonyl (C=O) groups is 4. The van der Waals surface area contributed by atoms with Crippen molar-refractivity contribution < 1.29 is 24.1 Å². The van der Waals surface area contributed by atoms with Crippen molar-refractivity contribution in [3.63, 3.8) is 0 Å². The van der Waals surface area contributed by atoms with Gasteiger partial charge in [0.2, 0.25) is 0 Å². The molecule has 0 unspecified atom stereocenters. The molecule has 34 heavy (non-hydrogen) atoms. The molecule has 1 saturated heterocycles. The average molecular weight is 482 g/mol. The van der Waals surface area contributed by atoms with E-state index in [-0.39, 0.29) is 16.8 Å². The summed E-state index contributed by atoms with van der Waals surface area (Å²) in [6, 6.07) is 10.8. The molecule has 0 N–H and O–H groups in total. The van der Waals surface area contributed by atoms with Crippen LogP contribution >= 0.6 is 11.6 Å². The van der Waals surface area contributed by atoms with Crippen molar-refractivity contribution in [1.29, 1.82) is 0 Å². The van der Waals surface area contributed by atoms with Gasteiger partial charge >= 0.3 is 0 Å². The van der Waals surface area contributed by atoms with Gasteiger partial charge in [0.05, 0.1) is 16.8 Å². The average Bonchev–Trinajstić information content (AvgIpc) is 3.06. The molecular weight excluding hydrogens is 462 g/mol. The first-order valence-corrected chi connectivity index (χ1v) is 10.9. The molecule has 2 atom stereocenters. The Balaban J connectivity index is 1.67. The van der Waals surface area contributed by atoms with Crippen molar-refractivity contribution in [3.05, 3.63) is 86.4 Å². The number of benzene rings is 2. The molecule has 0 bridgehead atoms. The fourth-order valence-corrected chi connectivity index (χ4v) is 4.36. The monoisotopic (exact) mass is 481 g/mol. The number of rotatable bonds is 6. The molecule has 0 spiro atoms. The molecule has 174 valence electrons. The number of hydrazine groups is 1. The zero-order chi connectivity index (χ0) is 24.6. The predicted octanol–water partition coefficient (Wildman–Crippen LogP) is 3.83. The quantitative estimate of drug-likeness (QED) is 0.203. The fraction of sp³-hybridized carbons (Fsp3) is 0.250. The second-order valence-electron chi connectivity index (χ2n) is 8.29. The number of allylic oxidation sites excluding steroid dienone is 2. The summed E-state index contributed by atoms with van der Waals surface area (Å²) in [5, 5.41) is 12.9. The number of nitro benzene ring substituents is 1. The highest BCUT2D eigenvalue weighted by Gasteiger charge is 2.51. The summed E-state index contributed by atoms with van der Waals surface area (Å²) in [7, 11) is 0. The maximum atomic E-state index is 13.4. The van der Waals surface area contributed by atoms with Crippen LogP contribution in [0.4, 0.5) is 5.69 Å². The highest BCUT2D eigenvalue weighted by atomic mass is 35.5. The maximum Gasteiger partial charge on any atom is 0.273 e. The van der Waals surface area contributed by atoms with Gasteiger partial charge in [-0.25, -0.2) is 5.01 Å². The third-order valence-electron chi connectivity index (χ3n) is 6.06. The molecular formula is C24H20ClN3O6. The van der Waals surface area contributed by atoms with Crippen LogP contribution in [0.25, 0.3) is 0 Å². The molecule has 1 heterocycles. The molecule has 9 nitrogen and oxygen atoms in total. The number of halogens is 1. The van der Waals surface area contributed by atoms with Crippen LogP contribution in [0.3, 0.4) is 0 Å². The van der Waals surface area contributed by atoms with Gasteiger partial charge in [-0.05, 0) is 56.2 Å². The molecule has 0 radical (unpaired) electrons. The number of non-ortho nitro benzene ring substituents is 1. The van der Waals surface area contributed by atoms with Crippen LogP contribution in [0.1, 0.15) is 40.5 Å². The number of imide groups is 1. The van der Waals surface area contributed by atoms with E-state index in [9.17, 15) is 29.3 Å². The molecule has 4 rings (SSSR count). The van der Waals surface area contributed by atoms with Gasteiger partial charge in [-0.2, -0.15) is 5.01 Å². The molecule has 3 amide bonds. The molecule has 2 aromatic rings. The van der Waals surface area contributed by atoms with Crippen LogP contribution in [0.5, 0.6) is 0 Å². The first kappa shape index (κ1) is 23.3. The summed E-state index contributed by atoms with van der Waals surface area (Å²) in [4.78, 5) is 63.2. The van der Waals surface area contributed by atoms with E-state index in [1.54, 1.807) is 0 Å². The summed E-state index contributed by atoms with van der Waals surface area (Å²) < 4.78 is 0. The third kappa shape index (κ3) is 4.34. The molecule has 1 aliphatic carbocycles. The minimum Gasteiger partial charge on any atom is -0.292 e. The van der Waals surface area contributed by atoms with Gasteiger partial charge in [0.15, 0.2) is 5.78 Å². The van der Waals surface area contributed by atoms with E-state index in [1.807, 2.05) is 13.0 Å². The fourth-order valence-electron chi connectivity index (χ4n) is 4.23. The Morgan fingerprint density at radius 3 is 2.24 bits per heavy atom. The topological polar surface area (TPSA) is 118 Å². The van der Waals surface area contributed by atoms with E-state index in [1.165, 1.54) is 48.5 Å². The van der Waals surface area contributed by atoms with Gasteiger partial charge in [-0.1, -0.05) is 23.3 Å². The van der Waals surface area contributed by atoms with Crippen molar-refractivity contribution in [2.75, 3.05) is 6.54 Å². The molecule has 1 aliphatic heterocycles. The molecule has 1 fully saturated rings. The van der Waals surface area contributed by atoms with Crippen molar-refractivity contribution >= 4 is 40.8 Å². The number of carbonyl (C=O) groups excluding carboxylic acids is 4. The molecule has 2 aliphatic rings. The minimum atomic E-state index is -0.711. The Kier molecular flexibility index (Phi) is 6.30. The Morgan fingerprint density at radius 2 is 1.62 bits per heavy atom. The normalized spacial score (nSPS) is 19.5. The smallest absolute Gasteiger partial charge is 0.273 e. The SMILES string of the molecule is CC1=CC[C@H]2C(=O)N(N(CC(=O)c3ccc([N+](=O)[O-])cc3)C(=O)c3ccc(Cl)cc3)C(=O)[C@H]2C1. The largest absolute Gasteiger partial charge is 0.292 e. The van der Waals surface area contributed by atoms with E-state index in [0.29, 0.717) is 17.9 Å².